The van der Waals surface area contributed by atoms with Gasteiger partial charge in [-0.2, -0.15) is 0 Å². The Labute approximate surface area is 120 Å². The molecule has 0 aliphatic rings. The maximum Gasteiger partial charge on any atom is 0.338 e. The van der Waals surface area contributed by atoms with Crippen LogP contribution in [0.1, 0.15) is 15.9 Å². The van der Waals surface area contributed by atoms with Crippen LogP contribution in [0.25, 0.3) is 0 Å². The van der Waals surface area contributed by atoms with E-state index in [2.05, 4.69) is 0 Å². The minimum Gasteiger partial charge on any atom is -0.457 e. The van der Waals surface area contributed by atoms with Gasteiger partial charge in [0.05, 0.1) is 21.3 Å². The molecule has 0 saturated heterocycles. The Morgan fingerprint density at radius 3 is 2.26 bits per heavy atom. The molecule has 0 radical (unpaired) electrons. The van der Waals surface area contributed by atoms with Gasteiger partial charge in [-0.15, -0.1) is 0 Å². The molecule has 2 rings (SSSR count). The molecule has 0 fully saturated rings. The first-order valence-electron chi connectivity index (χ1n) is 5.53. The Morgan fingerprint density at radius 1 is 1.11 bits per heavy atom. The number of nitrogen functional groups attached to an aromatic ring is 1. The molecule has 2 N–H and O–H groups in total. The molecule has 2 aromatic rings. The molecule has 0 saturated carbocycles. The van der Waals surface area contributed by atoms with Gasteiger partial charge in [0.15, 0.2) is 0 Å². The van der Waals surface area contributed by atoms with E-state index in [4.69, 9.17) is 33.7 Å². The van der Waals surface area contributed by atoms with Crippen molar-refractivity contribution in [3.05, 3.63) is 63.6 Å². The molecule has 0 heterocycles. The monoisotopic (exact) mass is 295 g/mol. The smallest absolute Gasteiger partial charge is 0.338 e. The zero-order valence-electron chi connectivity index (χ0n) is 9.90. The van der Waals surface area contributed by atoms with E-state index >= 15 is 0 Å². The molecule has 0 amide bonds. The quantitative estimate of drug-likeness (QED) is 0.689. The molecule has 3 nitrogen and oxygen atoms in total. The number of esters is 1. The molecule has 0 atom stereocenters. The zero-order valence-corrected chi connectivity index (χ0v) is 11.4. The van der Waals surface area contributed by atoms with Crippen molar-refractivity contribution in [3.8, 4) is 0 Å². The lowest BCUT2D eigenvalue weighted by atomic mass is 10.2. The van der Waals surface area contributed by atoms with Crippen LogP contribution in [0.3, 0.4) is 0 Å². The van der Waals surface area contributed by atoms with Gasteiger partial charge in [-0.25, -0.2) is 4.79 Å². The third-order valence-corrected chi connectivity index (χ3v) is 3.15. The molecule has 19 heavy (non-hydrogen) atoms. The first-order valence-corrected chi connectivity index (χ1v) is 6.29. The van der Waals surface area contributed by atoms with Gasteiger partial charge in [-0.05, 0) is 17.7 Å². The number of carbonyl (C=O) groups is 1. The van der Waals surface area contributed by atoms with Crippen molar-refractivity contribution in [2.75, 3.05) is 5.73 Å². The Morgan fingerprint density at radius 2 is 1.68 bits per heavy atom. The van der Waals surface area contributed by atoms with Crippen molar-refractivity contribution in [3.63, 3.8) is 0 Å². The number of ether oxygens (including phenoxy) is 1. The average Bonchev–Trinajstić information content (AvgIpc) is 2.42. The predicted molar refractivity (Wildman–Crippen MR) is 76.4 cm³/mol. The van der Waals surface area contributed by atoms with Crippen molar-refractivity contribution in [1.29, 1.82) is 0 Å². The van der Waals surface area contributed by atoms with E-state index in [9.17, 15) is 4.79 Å². The summed E-state index contributed by atoms with van der Waals surface area (Å²) in [4.78, 5) is 11.9. The molecule has 0 aliphatic carbocycles. The summed E-state index contributed by atoms with van der Waals surface area (Å²) in [6, 6.07) is 12.3. The summed E-state index contributed by atoms with van der Waals surface area (Å²) in [5.74, 6) is -0.493. The van der Waals surface area contributed by atoms with Crippen molar-refractivity contribution in [1.82, 2.24) is 0 Å². The second-order valence-electron chi connectivity index (χ2n) is 3.92. The zero-order chi connectivity index (χ0) is 13.8. The van der Waals surface area contributed by atoms with Crippen molar-refractivity contribution >= 4 is 34.9 Å². The Balaban J connectivity index is 2.08. The summed E-state index contributed by atoms with van der Waals surface area (Å²) >= 11 is 11.7. The van der Waals surface area contributed by atoms with Crippen LogP contribution in [0.5, 0.6) is 0 Å². The number of anilines is 1. The number of carbonyl (C=O) groups excluding carboxylic acids is 1. The summed E-state index contributed by atoms with van der Waals surface area (Å²) in [5, 5.41) is 0.471. The van der Waals surface area contributed by atoms with Crippen LogP contribution in [0.4, 0.5) is 5.69 Å². The highest BCUT2D eigenvalue weighted by molar-refractivity contribution is 6.39. The Bertz CT molecular complexity index is 577. The fourth-order valence-electron chi connectivity index (χ4n) is 1.51. The standard InChI is InChI=1S/C14H11Cl2NO2/c15-11-6-10(7-12(16)13(11)17)14(18)19-8-9-4-2-1-3-5-9/h1-7H,8,17H2. The average molecular weight is 296 g/mol. The molecule has 5 heteroatoms. The van der Waals surface area contributed by atoms with Gasteiger partial charge in [0.2, 0.25) is 0 Å². The van der Waals surface area contributed by atoms with Crippen LogP contribution in [0.15, 0.2) is 42.5 Å². The molecular formula is C14H11Cl2NO2. The lowest BCUT2D eigenvalue weighted by molar-refractivity contribution is 0.0473. The molecule has 0 aromatic heterocycles. The molecule has 0 unspecified atom stereocenters. The first-order chi connectivity index (χ1) is 9.08. The second kappa shape index (κ2) is 5.95. The van der Waals surface area contributed by atoms with Crippen LogP contribution < -0.4 is 5.73 Å². The fourth-order valence-corrected chi connectivity index (χ4v) is 2.00. The van der Waals surface area contributed by atoms with E-state index < -0.39 is 5.97 Å². The number of halogens is 2. The summed E-state index contributed by atoms with van der Waals surface area (Å²) in [7, 11) is 0. The van der Waals surface area contributed by atoms with Crippen LogP contribution in [-0.2, 0) is 11.3 Å². The van der Waals surface area contributed by atoms with Gasteiger partial charge in [-0.1, -0.05) is 53.5 Å². The van der Waals surface area contributed by atoms with Gasteiger partial charge in [0.1, 0.15) is 6.61 Å². The molecule has 0 aliphatic heterocycles. The summed E-state index contributed by atoms with van der Waals surface area (Å²) in [6.07, 6.45) is 0. The highest BCUT2D eigenvalue weighted by Crippen LogP contribution is 2.29. The molecule has 0 spiro atoms. The Kier molecular flexibility index (Phi) is 4.30. The number of nitrogens with two attached hydrogens (primary N) is 1. The fraction of sp³-hybridized carbons (Fsp3) is 0.0714. The largest absolute Gasteiger partial charge is 0.457 e. The lowest BCUT2D eigenvalue weighted by Gasteiger charge is -2.07. The third-order valence-electron chi connectivity index (χ3n) is 2.53. The maximum atomic E-state index is 11.9. The Hall–Kier alpha value is -1.71. The SMILES string of the molecule is Nc1c(Cl)cc(C(=O)OCc2ccccc2)cc1Cl. The summed E-state index contributed by atoms with van der Waals surface area (Å²) in [5.41, 5.74) is 7.04. The number of hydrogen-bond acceptors (Lipinski definition) is 3. The van der Waals surface area contributed by atoms with E-state index in [0.717, 1.165) is 5.56 Å². The van der Waals surface area contributed by atoms with E-state index in [0.29, 0.717) is 0 Å². The van der Waals surface area contributed by atoms with Crippen molar-refractivity contribution in [2.45, 2.75) is 6.61 Å². The maximum absolute atomic E-state index is 11.9. The van der Waals surface area contributed by atoms with Crippen LogP contribution in [0.2, 0.25) is 10.0 Å². The second-order valence-corrected chi connectivity index (χ2v) is 4.73. The normalized spacial score (nSPS) is 10.2. The number of benzene rings is 2. The minimum atomic E-state index is -0.493. The summed E-state index contributed by atoms with van der Waals surface area (Å²) in [6.45, 7) is 0.194. The predicted octanol–water partition coefficient (Wildman–Crippen LogP) is 3.93. The van der Waals surface area contributed by atoms with Crippen LogP contribution in [0, 0.1) is 0 Å². The van der Waals surface area contributed by atoms with E-state index in [1.165, 1.54) is 12.1 Å². The van der Waals surface area contributed by atoms with E-state index in [1.807, 2.05) is 30.3 Å². The van der Waals surface area contributed by atoms with Gasteiger partial charge in [0, 0.05) is 0 Å². The molecule has 0 bridgehead atoms. The topological polar surface area (TPSA) is 52.3 Å². The highest BCUT2D eigenvalue weighted by atomic mass is 35.5. The number of rotatable bonds is 3. The van der Waals surface area contributed by atoms with Gasteiger partial charge in [-0.3, -0.25) is 0 Å². The molecule has 2 aromatic carbocycles. The minimum absolute atomic E-state index is 0.194. The van der Waals surface area contributed by atoms with E-state index in [-0.39, 0.29) is 27.9 Å². The van der Waals surface area contributed by atoms with Crippen molar-refractivity contribution < 1.29 is 9.53 Å². The molecular weight excluding hydrogens is 285 g/mol. The number of hydrogen-bond donors (Lipinski definition) is 1. The third kappa shape index (κ3) is 3.40. The van der Waals surface area contributed by atoms with Gasteiger partial charge < -0.3 is 10.5 Å². The lowest BCUT2D eigenvalue weighted by Crippen LogP contribution is -2.06. The highest BCUT2D eigenvalue weighted by Gasteiger charge is 2.12. The van der Waals surface area contributed by atoms with Crippen LogP contribution >= 0.6 is 23.2 Å². The molecule has 98 valence electrons. The van der Waals surface area contributed by atoms with Gasteiger partial charge in [0.25, 0.3) is 0 Å². The van der Waals surface area contributed by atoms with E-state index in [1.54, 1.807) is 0 Å². The first kappa shape index (κ1) is 13.7. The van der Waals surface area contributed by atoms with Crippen molar-refractivity contribution in [2.24, 2.45) is 0 Å². The van der Waals surface area contributed by atoms with Gasteiger partial charge >= 0.3 is 5.97 Å². The van der Waals surface area contributed by atoms with Crippen LogP contribution in [-0.4, -0.2) is 5.97 Å². The summed E-state index contributed by atoms with van der Waals surface area (Å²) < 4.78 is 5.17.